The molecule has 2 aliphatic rings. The molecule has 0 aromatic heterocycles. The van der Waals surface area contributed by atoms with E-state index in [0.29, 0.717) is 33.6 Å². The van der Waals surface area contributed by atoms with Crippen molar-refractivity contribution < 1.29 is 19.1 Å². The van der Waals surface area contributed by atoms with Crippen molar-refractivity contribution in [2.75, 3.05) is 0 Å². The monoisotopic (exact) mass is 339 g/mol. The van der Waals surface area contributed by atoms with Crippen LogP contribution in [0.3, 0.4) is 0 Å². The van der Waals surface area contributed by atoms with Gasteiger partial charge in [-0.2, -0.15) is 0 Å². The molecule has 0 spiro atoms. The Morgan fingerprint density at radius 1 is 1.00 bits per heavy atom. The number of benzene rings is 2. The second kappa shape index (κ2) is 5.86. The molecule has 0 saturated carbocycles. The van der Waals surface area contributed by atoms with Gasteiger partial charge in [-0.25, -0.2) is 4.79 Å². The lowest BCUT2D eigenvalue weighted by molar-refractivity contribution is -0.136. The van der Waals surface area contributed by atoms with Crippen LogP contribution in [0, 0.1) is 0 Å². The largest absolute Gasteiger partial charge is 0.457 e. The second-order valence-corrected chi connectivity index (χ2v) is 5.45. The summed E-state index contributed by atoms with van der Waals surface area (Å²) < 4.78 is 11.2. The number of carbonyl (C=O) groups excluding carboxylic acids is 1. The molecule has 0 amide bonds. The van der Waals surface area contributed by atoms with Gasteiger partial charge in [-0.1, -0.05) is 47.1 Å². The average molecular weight is 340 g/mol. The van der Waals surface area contributed by atoms with E-state index in [1.165, 1.54) is 12.3 Å². The number of nitrogens with zero attached hydrogens (tertiary/aromatic N) is 1. The lowest BCUT2D eigenvalue weighted by Gasteiger charge is -2.16. The highest BCUT2D eigenvalue weighted by Gasteiger charge is 2.29. The summed E-state index contributed by atoms with van der Waals surface area (Å²) in [6.07, 6.45) is 2.94. The molecule has 24 heavy (non-hydrogen) atoms. The Morgan fingerprint density at radius 3 is 2.58 bits per heavy atom. The topological polar surface area (TPSA) is 57.1 Å². The molecule has 2 aliphatic heterocycles. The van der Waals surface area contributed by atoms with Crippen LogP contribution in [0.15, 0.2) is 77.4 Å². The summed E-state index contributed by atoms with van der Waals surface area (Å²) >= 11 is 6.18. The van der Waals surface area contributed by atoms with Crippen molar-refractivity contribution in [3.8, 4) is 11.5 Å². The Bertz CT molecular complexity index is 930. The average Bonchev–Trinajstić information content (AvgIpc) is 2.96. The number of para-hydroxylation sites is 2. The van der Waals surface area contributed by atoms with E-state index in [1.54, 1.807) is 36.4 Å². The normalized spacial score (nSPS) is 17.4. The van der Waals surface area contributed by atoms with Gasteiger partial charge in [0.05, 0.1) is 10.6 Å². The molecule has 2 heterocycles. The summed E-state index contributed by atoms with van der Waals surface area (Å²) in [4.78, 5) is 16.8. The molecular formula is C18H10ClNO4. The van der Waals surface area contributed by atoms with Crippen LogP contribution >= 0.6 is 11.6 Å². The first-order valence-corrected chi connectivity index (χ1v) is 7.50. The Labute approximate surface area is 142 Å². The van der Waals surface area contributed by atoms with Crippen LogP contribution in [0.1, 0.15) is 5.56 Å². The molecular weight excluding hydrogens is 330 g/mol. The van der Waals surface area contributed by atoms with E-state index in [4.69, 9.17) is 25.9 Å². The van der Waals surface area contributed by atoms with E-state index in [9.17, 15) is 4.79 Å². The van der Waals surface area contributed by atoms with E-state index in [2.05, 4.69) is 5.16 Å². The zero-order valence-electron chi connectivity index (χ0n) is 12.2. The Kier molecular flexibility index (Phi) is 3.55. The molecule has 0 fully saturated rings. The minimum Gasteiger partial charge on any atom is -0.457 e. The van der Waals surface area contributed by atoms with Crippen molar-refractivity contribution in [2.24, 2.45) is 5.16 Å². The molecule has 5 nitrogen and oxygen atoms in total. The van der Waals surface area contributed by atoms with Crippen LogP contribution in [-0.2, 0) is 9.63 Å². The second-order valence-electron chi connectivity index (χ2n) is 5.04. The third-order valence-corrected chi connectivity index (χ3v) is 3.82. The van der Waals surface area contributed by atoms with Crippen molar-refractivity contribution >= 4 is 23.3 Å². The lowest BCUT2D eigenvalue weighted by Crippen LogP contribution is -2.10. The maximum Gasteiger partial charge on any atom is 0.368 e. The highest BCUT2D eigenvalue weighted by molar-refractivity contribution is 6.38. The molecule has 2 aromatic carbocycles. The number of carbonyl (C=O) groups is 1. The Hall–Kier alpha value is -3.05. The smallest absolute Gasteiger partial charge is 0.368 e. The van der Waals surface area contributed by atoms with Gasteiger partial charge in [0.2, 0.25) is 0 Å². The predicted octanol–water partition coefficient (Wildman–Crippen LogP) is 3.84. The van der Waals surface area contributed by atoms with Crippen molar-refractivity contribution in [1.29, 1.82) is 0 Å². The van der Waals surface area contributed by atoms with Crippen molar-refractivity contribution in [3.05, 3.63) is 82.8 Å². The number of rotatable bonds is 2. The number of hydrogen-bond acceptors (Lipinski definition) is 5. The molecule has 0 unspecified atom stereocenters. The number of allylic oxidation sites excluding steroid dienone is 1. The van der Waals surface area contributed by atoms with Crippen LogP contribution < -0.4 is 9.47 Å². The molecule has 2 aromatic rings. The van der Waals surface area contributed by atoms with Crippen LogP contribution in [-0.4, -0.2) is 11.7 Å². The van der Waals surface area contributed by atoms with E-state index >= 15 is 0 Å². The highest BCUT2D eigenvalue weighted by atomic mass is 35.5. The van der Waals surface area contributed by atoms with Gasteiger partial charge in [0.15, 0.2) is 17.3 Å². The minimum absolute atomic E-state index is 0.248. The Morgan fingerprint density at radius 2 is 1.75 bits per heavy atom. The third-order valence-electron chi connectivity index (χ3n) is 3.49. The lowest BCUT2D eigenvalue weighted by atomic mass is 10.0. The van der Waals surface area contributed by atoms with Gasteiger partial charge in [-0.05, 0) is 18.2 Å². The quantitative estimate of drug-likeness (QED) is 0.616. The first kappa shape index (κ1) is 14.5. The zero-order valence-corrected chi connectivity index (χ0v) is 13.0. The molecule has 6 heteroatoms. The molecule has 118 valence electrons. The maximum absolute atomic E-state index is 12.0. The molecule has 0 aliphatic carbocycles. The van der Waals surface area contributed by atoms with E-state index in [-0.39, 0.29) is 5.57 Å². The fourth-order valence-electron chi connectivity index (χ4n) is 2.37. The van der Waals surface area contributed by atoms with Crippen LogP contribution in [0.2, 0.25) is 5.02 Å². The zero-order chi connectivity index (χ0) is 16.5. The predicted molar refractivity (Wildman–Crippen MR) is 87.9 cm³/mol. The SMILES string of the molecule is O=C1ON=C(c2ccccc2Cl)C1=CC1=COc2ccccc2O1. The maximum atomic E-state index is 12.0. The van der Waals surface area contributed by atoms with Crippen LogP contribution in [0.5, 0.6) is 11.5 Å². The summed E-state index contributed by atoms with van der Waals surface area (Å²) in [7, 11) is 0. The fourth-order valence-corrected chi connectivity index (χ4v) is 2.59. The number of oxime groups is 1. The third kappa shape index (κ3) is 2.55. The highest BCUT2D eigenvalue weighted by Crippen LogP contribution is 2.33. The molecule has 0 saturated heterocycles. The number of hydrogen-bond donors (Lipinski definition) is 0. The summed E-state index contributed by atoms with van der Waals surface area (Å²) in [5, 5.41) is 4.30. The number of ether oxygens (including phenoxy) is 2. The first-order chi connectivity index (χ1) is 11.7. The van der Waals surface area contributed by atoms with Crippen LogP contribution in [0.25, 0.3) is 0 Å². The standard InChI is InChI=1S/C18H10ClNO4/c19-14-6-2-1-5-12(14)17-13(18(21)24-20-17)9-11-10-22-15-7-3-4-8-16(15)23-11/h1-10H. The first-order valence-electron chi connectivity index (χ1n) is 7.12. The summed E-state index contributed by atoms with van der Waals surface area (Å²) in [6, 6.07) is 14.3. The molecule has 0 radical (unpaired) electrons. The molecule has 0 N–H and O–H groups in total. The summed E-state index contributed by atoms with van der Waals surface area (Å²) in [6.45, 7) is 0. The van der Waals surface area contributed by atoms with Gasteiger partial charge in [-0.15, -0.1) is 0 Å². The summed E-state index contributed by atoms with van der Waals surface area (Å²) in [5.41, 5.74) is 1.21. The van der Waals surface area contributed by atoms with E-state index < -0.39 is 5.97 Å². The molecule has 0 atom stereocenters. The number of halogens is 1. The van der Waals surface area contributed by atoms with Gasteiger partial charge >= 0.3 is 5.97 Å². The Balaban J connectivity index is 1.69. The van der Waals surface area contributed by atoms with E-state index in [1.807, 2.05) is 12.1 Å². The van der Waals surface area contributed by atoms with Crippen molar-refractivity contribution in [3.63, 3.8) is 0 Å². The van der Waals surface area contributed by atoms with Gasteiger partial charge in [0.25, 0.3) is 0 Å². The minimum atomic E-state index is -0.576. The van der Waals surface area contributed by atoms with Crippen molar-refractivity contribution in [2.45, 2.75) is 0 Å². The van der Waals surface area contributed by atoms with Crippen LogP contribution in [0.4, 0.5) is 0 Å². The summed E-state index contributed by atoms with van der Waals surface area (Å²) in [5.74, 6) is 0.957. The fraction of sp³-hybridized carbons (Fsp3) is 0. The molecule has 4 rings (SSSR count). The van der Waals surface area contributed by atoms with Gasteiger partial charge in [0, 0.05) is 11.6 Å². The van der Waals surface area contributed by atoms with Crippen molar-refractivity contribution in [1.82, 2.24) is 0 Å². The number of fused-ring (bicyclic) bond motifs is 1. The van der Waals surface area contributed by atoms with Gasteiger partial charge in [-0.3, -0.25) is 0 Å². The van der Waals surface area contributed by atoms with E-state index in [0.717, 1.165) is 0 Å². The van der Waals surface area contributed by atoms with Gasteiger partial charge < -0.3 is 14.3 Å². The van der Waals surface area contributed by atoms with Gasteiger partial charge in [0.1, 0.15) is 12.0 Å². The molecule has 0 bridgehead atoms.